The predicted octanol–water partition coefficient (Wildman–Crippen LogP) is 4.40. The van der Waals surface area contributed by atoms with Gasteiger partial charge in [0.25, 0.3) is 0 Å². The number of carbonyl (C=O) groups excluding carboxylic acids is 1. The Morgan fingerprint density at radius 3 is 2.52 bits per heavy atom. The number of rotatable bonds is 4. The Hall–Kier alpha value is -3.03. The average Bonchev–Trinajstić information content (AvgIpc) is 2.85. The molecule has 0 unspecified atom stereocenters. The molecule has 2 aromatic carbocycles. The number of aromatic nitrogens is 2. The van der Waals surface area contributed by atoms with Gasteiger partial charge in [-0.05, 0) is 54.3 Å². The fraction of sp³-hybridized carbons (Fsp3) is 0.320. The lowest BCUT2D eigenvalue weighted by atomic mass is 9.92. The summed E-state index contributed by atoms with van der Waals surface area (Å²) in [6, 6.07) is 9.10. The summed E-state index contributed by atoms with van der Waals surface area (Å²) < 4.78 is 14.8. The SMILES string of the molecule is C=CC(=O)N1CCN(c2nnc(Cl)c3cc(-c4c(F)cccc4CC)c(C)cc23)CC1.CO. The minimum absolute atomic E-state index is 0.0659. The number of anilines is 1. The molecule has 1 saturated heterocycles. The molecule has 0 atom stereocenters. The van der Waals surface area contributed by atoms with Crippen LogP contribution >= 0.6 is 11.6 Å². The van der Waals surface area contributed by atoms with Gasteiger partial charge in [0.2, 0.25) is 5.91 Å². The van der Waals surface area contributed by atoms with Crippen LogP contribution in [-0.2, 0) is 11.2 Å². The lowest BCUT2D eigenvalue weighted by molar-refractivity contribution is -0.126. The molecule has 1 N–H and O–H groups in total. The first-order valence-electron chi connectivity index (χ1n) is 10.8. The minimum Gasteiger partial charge on any atom is -0.400 e. The second-order valence-corrected chi connectivity index (χ2v) is 8.03. The number of halogens is 2. The largest absolute Gasteiger partial charge is 0.400 e. The summed E-state index contributed by atoms with van der Waals surface area (Å²) in [5, 5.41) is 17.4. The summed E-state index contributed by atoms with van der Waals surface area (Å²) in [5.41, 5.74) is 3.31. The molecule has 1 aliphatic heterocycles. The summed E-state index contributed by atoms with van der Waals surface area (Å²) in [6.45, 7) is 9.99. The number of hydrogen-bond acceptors (Lipinski definition) is 5. The van der Waals surface area contributed by atoms with Crippen molar-refractivity contribution in [1.29, 1.82) is 0 Å². The number of amides is 1. The normalized spacial score (nSPS) is 13.5. The smallest absolute Gasteiger partial charge is 0.246 e. The monoisotopic (exact) mass is 470 g/mol. The van der Waals surface area contributed by atoms with E-state index in [2.05, 4.69) is 21.7 Å². The van der Waals surface area contributed by atoms with E-state index in [0.717, 1.165) is 46.8 Å². The first-order chi connectivity index (χ1) is 15.9. The maximum absolute atomic E-state index is 14.8. The zero-order valence-corrected chi connectivity index (χ0v) is 19.9. The van der Waals surface area contributed by atoms with Crippen LogP contribution in [-0.4, -0.2) is 59.4 Å². The molecule has 174 valence electrons. The predicted molar refractivity (Wildman–Crippen MR) is 131 cm³/mol. The van der Waals surface area contributed by atoms with Gasteiger partial charge in [-0.2, -0.15) is 0 Å². The average molecular weight is 471 g/mol. The summed E-state index contributed by atoms with van der Waals surface area (Å²) in [4.78, 5) is 15.8. The quantitative estimate of drug-likeness (QED) is 0.572. The van der Waals surface area contributed by atoms with Crippen molar-refractivity contribution in [3.63, 3.8) is 0 Å². The molecule has 4 rings (SSSR count). The highest BCUT2D eigenvalue weighted by molar-refractivity contribution is 6.34. The Labute approximate surface area is 198 Å². The van der Waals surface area contributed by atoms with E-state index in [4.69, 9.17) is 16.7 Å². The Kier molecular flexibility index (Phi) is 8.00. The fourth-order valence-electron chi connectivity index (χ4n) is 4.20. The van der Waals surface area contributed by atoms with E-state index in [9.17, 15) is 9.18 Å². The van der Waals surface area contributed by atoms with Crippen LogP contribution in [0.5, 0.6) is 0 Å². The molecule has 0 bridgehead atoms. The van der Waals surface area contributed by atoms with Crippen molar-refractivity contribution in [2.75, 3.05) is 38.2 Å². The summed E-state index contributed by atoms with van der Waals surface area (Å²) >= 11 is 6.43. The molecule has 0 aliphatic carbocycles. The third kappa shape index (κ3) is 4.84. The molecule has 1 aliphatic rings. The molecular formula is C25H28ClFN4O2. The van der Waals surface area contributed by atoms with Crippen LogP contribution in [0.25, 0.3) is 21.9 Å². The molecule has 33 heavy (non-hydrogen) atoms. The summed E-state index contributed by atoms with van der Waals surface area (Å²) in [5.74, 6) is 0.413. The number of carbonyl (C=O) groups is 1. The van der Waals surface area contributed by atoms with Crippen LogP contribution in [0.1, 0.15) is 18.1 Å². The lowest BCUT2D eigenvalue weighted by Crippen LogP contribution is -2.48. The zero-order chi connectivity index (χ0) is 24.1. The number of benzene rings is 2. The fourth-order valence-corrected chi connectivity index (χ4v) is 4.39. The maximum Gasteiger partial charge on any atom is 0.246 e. The standard InChI is InChI=1S/C24H24ClFN4O.CH4O/c1-4-16-7-6-8-20(26)22(16)17-14-18-19(13-15(17)3)24(28-27-23(18)25)30-11-9-29(10-12-30)21(31)5-2;1-2/h5-8,13-14H,2,4,9-12H2,1,3H3;2H,1H3. The molecule has 1 fully saturated rings. The third-order valence-corrected chi connectivity index (χ3v) is 6.16. The van der Waals surface area contributed by atoms with Gasteiger partial charge in [-0.15, -0.1) is 10.2 Å². The van der Waals surface area contributed by atoms with E-state index >= 15 is 0 Å². The van der Waals surface area contributed by atoms with Crippen molar-refractivity contribution in [2.24, 2.45) is 0 Å². The van der Waals surface area contributed by atoms with Crippen LogP contribution in [0, 0.1) is 12.7 Å². The summed E-state index contributed by atoms with van der Waals surface area (Å²) in [7, 11) is 1.00. The second-order valence-electron chi connectivity index (χ2n) is 7.67. The van der Waals surface area contributed by atoms with E-state index in [1.807, 2.05) is 32.0 Å². The van der Waals surface area contributed by atoms with Crippen LogP contribution in [0.15, 0.2) is 43.0 Å². The first kappa shape index (κ1) is 24.6. The second kappa shape index (κ2) is 10.7. The zero-order valence-electron chi connectivity index (χ0n) is 19.1. The van der Waals surface area contributed by atoms with Crippen molar-refractivity contribution in [3.05, 3.63) is 65.1 Å². The highest BCUT2D eigenvalue weighted by Crippen LogP contribution is 2.37. The Morgan fingerprint density at radius 1 is 1.18 bits per heavy atom. The number of fused-ring (bicyclic) bond motifs is 1. The number of aliphatic hydroxyl groups excluding tert-OH is 1. The van der Waals surface area contributed by atoms with Crippen LogP contribution in [0.2, 0.25) is 5.15 Å². The van der Waals surface area contributed by atoms with Gasteiger partial charge >= 0.3 is 0 Å². The van der Waals surface area contributed by atoms with Gasteiger partial charge in [0.15, 0.2) is 11.0 Å². The minimum atomic E-state index is -0.247. The van der Waals surface area contributed by atoms with E-state index in [-0.39, 0.29) is 16.9 Å². The molecule has 2 heterocycles. The van der Waals surface area contributed by atoms with Crippen molar-refractivity contribution in [1.82, 2.24) is 15.1 Å². The van der Waals surface area contributed by atoms with Gasteiger partial charge < -0.3 is 14.9 Å². The van der Waals surface area contributed by atoms with Gasteiger partial charge in [0.05, 0.1) is 0 Å². The highest BCUT2D eigenvalue weighted by atomic mass is 35.5. The molecular weight excluding hydrogens is 443 g/mol. The van der Waals surface area contributed by atoms with Crippen LogP contribution < -0.4 is 4.90 Å². The topological polar surface area (TPSA) is 69.6 Å². The lowest BCUT2D eigenvalue weighted by Gasteiger charge is -2.35. The van der Waals surface area contributed by atoms with Crippen molar-refractivity contribution >= 4 is 34.1 Å². The van der Waals surface area contributed by atoms with Crippen LogP contribution in [0.3, 0.4) is 0 Å². The third-order valence-electron chi connectivity index (χ3n) is 5.88. The molecule has 1 aromatic heterocycles. The van der Waals surface area contributed by atoms with Gasteiger partial charge in [0.1, 0.15) is 5.82 Å². The number of nitrogens with zero attached hydrogens (tertiary/aromatic N) is 4. The van der Waals surface area contributed by atoms with Gasteiger partial charge in [0, 0.05) is 49.6 Å². The maximum atomic E-state index is 14.8. The number of piperazine rings is 1. The Bertz CT molecular complexity index is 1180. The highest BCUT2D eigenvalue weighted by Gasteiger charge is 2.24. The number of aryl methyl sites for hydroxylation is 2. The molecule has 8 heteroatoms. The summed E-state index contributed by atoms with van der Waals surface area (Å²) in [6.07, 6.45) is 2.07. The van der Waals surface area contributed by atoms with Crippen LogP contribution in [0.4, 0.5) is 10.2 Å². The molecule has 0 saturated carbocycles. The van der Waals surface area contributed by atoms with E-state index in [1.54, 1.807) is 11.0 Å². The van der Waals surface area contributed by atoms with Gasteiger partial charge in [-0.25, -0.2) is 4.39 Å². The van der Waals surface area contributed by atoms with Gasteiger partial charge in [-0.3, -0.25) is 4.79 Å². The molecule has 6 nitrogen and oxygen atoms in total. The van der Waals surface area contributed by atoms with E-state index < -0.39 is 0 Å². The van der Waals surface area contributed by atoms with Crippen molar-refractivity contribution < 1.29 is 14.3 Å². The molecule has 3 aromatic rings. The van der Waals surface area contributed by atoms with Gasteiger partial charge in [-0.1, -0.05) is 37.2 Å². The van der Waals surface area contributed by atoms with E-state index in [1.165, 1.54) is 12.1 Å². The number of aliphatic hydroxyl groups is 1. The van der Waals surface area contributed by atoms with Crippen molar-refractivity contribution in [3.8, 4) is 11.1 Å². The first-order valence-corrected chi connectivity index (χ1v) is 11.2. The Balaban J connectivity index is 0.00000149. The molecule has 0 spiro atoms. The van der Waals surface area contributed by atoms with Crippen molar-refractivity contribution in [2.45, 2.75) is 20.3 Å². The van der Waals surface area contributed by atoms with E-state index in [0.29, 0.717) is 31.7 Å². The Morgan fingerprint density at radius 2 is 1.88 bits per heavy atom. The number of hydrogen-bond donors (Lipinski definition) is 1. The molecule has 1 amide bonds. The molecule has 0 radical (unpaired) electrons.